The highest BCUT2D eigenvalue weighted by Gasteiger charge is 2.15. The van der Waals surface area contributed by atoms with Crippen molar-refractivity contribution >= 4 is 28.1 Å². The highest BCUT2D eigenvalue weighted by Crippen LogP contribution is 2.27. The van der Waals surface area contributed by atoms with Crippen LogP contribution in [-0.2, 0) is 0 Å². The number of hydrogen-bond acceptors (Lipinski definition) is 5. The first-order valence-corrected chi connectivity index (χ1v) is 7.09. The Morgan fingerprint density at radius 3 is 2.61 bits per heavy atom. The summed E-state index contributed by atoms with van der Waals surface area (Å²) in [4.78, 5) is 6.77. The summed E-state index contributed by atoms with van der Waals surface area (Å²) in [5.74, 6) is 0.605. The molecule has 0 saturated heterocycles. The summed E-state index contributed by atoms with van der Waals surface area (Å²) in [7, 11) is 4.09. The second-order valence-electron chi connectivity index (χ2n) is 4.98. The van der Waals surface area contributed by atoms with Gasteiger partial charge in [-0.2, -0.15) is 5.26 Å². The summed E-state index contributed by atoms with van der Waals surface area (Å²) in [6.07, 6.45) is 1.05. The molecule has 1 N–H and O–H groups in total. The Labute approximate surface area is 118 Å². The smallest absolute Gasteiger partial charge is 0.185 e. The van der Waals surface area contributed by atoms with E-state index in [4.69, 9.17) is 16.9 Å². The normalized spacial score (nSPS) is 12.8. The highest BCUT2D eigenvalue weighted by atomic mass is 35.5. The van der Waals surface area contributed by atoms with Crippen molar-refractivity contribution in [3.63, 3.8) is 0 Å². The van der Waals surface area contributed by atoms with Crippen LogP contribution in [-0.4, -0.2) is 36.6 Å². The van der Waals surface area contributed by atoms with Gasteiger partial charge in [0.05, 0.1) is 0 Å². The summed E-state index contributed by atoms with van der Waals surface area (Å²) < 4.78 is 0. The predicted octanol–water partition coefficient (Wildman–Crippen LogP) is 3.06. The molecule has 1 aromatic rings. The molecule has 18 heavy (non-hydrogen) atoms. The Kier molecular flexibility index (Phi) is 5.86. The molecular weight excluding hydrogens is 268 g/mol. The number of anilines is 1. The van der Waals surface area contributed by atoms with E-state index in [2.05, 4.69) is 29.0 Å². The number of likely N-dealkylation sites (N-methyl/N-ethyl adjacent to an activating group) is 1. The molecule has 0 aromatic carbocycles. The highest BCUT2D eigenvalue weighted by molar-refractivity contribution is 7.16. The second-order valence-corrected chi connectivity index (χ2v) is 6.34. The first-order chi connectivity index (χ1) is 8.42. The average Bonchev–Trinajstić information content (AvgIpc) is 2.56. The maximum atomic E-state index is 8.86. The van der Waals surface area contributed by atoms with Gasteiger partial charge in [-0.05, 0) is 26.4 Å². The topological polar surface area (TPSA) is 52.0 Å². The van der Waals surface area contributed by atoms with Crippen molar-refractivity contribution in [2.75, 3.05) is 26.0 Å². The largest absolute Gasteiger partial charge is 0.357 e. The van der Waals surface area contributed by atoms with Crippen molar-refractivity contribution in [1.82, 2.24) is 9.88 Å². The Morgan fingerprint density at radius 2 is 2.17 bits per heavy atom. The lowest BCUT2D eigenvalue weighted by Crippen LogP contribution is -2.33. The summed E-state index contributed by atoms with van der Waals surface area (Å²) in [5.41, 5.74) is 0. The molecule has 0 aliphatic heterocycles. The predicted molar refractivity (Wildman–Crippen MR) is 77.3 cm³/mol. The molecule has 1 atom stereocenters. The lowest BCUT2D eigenvalue weighted by Gasteiger charge is -2.23. The number of thiazole rings is 1. The third-order valence-corrected chi connectivity index (χ3v) is 3.63. The van der Waals surface area contributed by atoms with Gasteiger partial charge in [0.25, 0.3) is 0 Å². The first kappa shape index (κ1) is 15.2. The van der Waals surface area contributed by atoms with Crippen molar-refractivity contribution in [1.29, 1.82) is 5.26 Å². The van der Waals surface area contributed by atoms with Gasteiger partial charge in [-0.3, -0.25) is 0 Å². The second kappa shape index (κ2) is 6.93. The number of rotatable bonds is 6. The minimum Gasteiger partial charge on any atom is -0.357 e. The quantitative estimate of drug-likeness (QED) is 0.873. The molecule has 100 valence electrons. The van der Waals surface area contributed by atoms with Gasteiger partial charge in [0.15, 0.2) is 10.3 Å². The van der Waals surface area contributed by atoms with Gasteiger partial charge in [-0.15, -0.1) is 0 Å². The van der Waals surface area contributed by atoms with Crippen LogP contribution in [0.3, 0.4) is 0 Å². The van der Waals surface area contributed by atoms with E-state index in [0.717, 1.165) is 18.1 Å². The van der Waals surface area contributed by atoms with E-state index in [9.17, 15) is 0 Å². The molecule has 0 fully saturated rings. The van der Waals surface area contributed by atoms with Gasteiger partial charge in [0.1, 0.15) is 10.9 Å². The maximum absolute atomic E-state index is 8.86. The third kappa shape index (κ3) is 4.81. The molecule has 0 aliphatic carbocycles. The summed E-state index contributed by atoms with van der Waals surface area (Å²) in [6, 6.07) is 2.36. The fourth-order valence-corrected chi connectivity index (χ4v) is 2.82. The van der Waals surface area contributed by atoms with Crippen LogP contribution in [0.2, 0.25) is 5.15 Å². The van der Waals surface area contributed by atoms with Crippen LogP contribution < -0.4 is 5.32 Å². The van der Waals surface area contributed by atoms with Gasteiger partial charge >= 0.3 is 0 Å². The summed E-state index contributed by atoms with van der Waals surface area (Å²) in [6.45, 7) is 5.32. The van der Waals surface area contributed by atoms with E-state index in [0.29, 0.717) is 16.8 Å². The van der Waals surface area contributed by atoms with E-state index >= 15 is 0 Å². The fourth-order valence-electron chi connectivity index (χ4n) is 1.80. The molecule has 0 bridgehead atoms. The molecule has 0 spiro atoms. The van der Waals surface area contributed by atoms with Crippen LogP contribution in [0.4, 0.5) is 5.13 Å². The molecule has 1 unspecified atom stereocenters. The van der Waals surface area contributed by atoms with Crippen molar-refractivity contribution in [3.05, 3.63) is 10.0 Å². The molecule has 1 rings (SSSR count). The van der Waals surface area contributed by atoms with Gasteiger partial charge < -0.3 is 10.2 Å². The van der Waals surface area contributed by atoms with Crippen LogP contribution in [0.25, 0.3) is 0 Å². The van der Waals surface area contributed by atoms with Gasteiger partial charge in [-0.25, -0.2) is 4.98 Å². The number of nitrogens with one attached hydrogen (secondary N) is 1. The molecule has 1 aromatic heterocycles. The number of hydrogen-bond donors (Lipinski definition) is 1. The van der Waals surface area contributed by atoms with E-state index in [1.807, 2.05) is 20.2 Å². The van der Waals surface area contributed by atoms with Crippen molar-refractivity contribution in [3.8, 4) is 6.07 Å². The monoisotopic (exact) mass is 286 g/mol. The Balaban J connectivity index is 2.72. The molecule has 0 amide bonds. The summed E-state index contributed by atoms with van der Waals surface area (Å²) >= 11 is 7.17. The van der Waals surface area contributed by atoms with Crippen molar-refractivity contribution in [2.45, 2.75) is 26.3 Å². The molecule has 0 aliphatic rings. The van der Waals surface area contributed by atoms with E-state index in [1.165, 1.54) is 11.3 Å². The molecular formula is C12H19ClN4S. The zero-order chi connectivity index (χ0) is 13.7. The maximum Gasteiger partial charge on any atom is 0.185 e. The van der Waals surface area contributed by atoms with E-state index < -0.39 is 0 Å². The van der Waals surface area contributed by atoms with E-state index in [-0.39, 0.29) is 5.15 Å². The number of aromatic nitrogens is 1. The zero-order valence-corrected chi connectivity index (χ0v) is 12.8. The van der Waals surface area contributed by atoms with Crippen LogP contribution in [0.15, 0.2) is 0 Å². The molecule has 1 heterocycles. The van der Waals surface area contributed by atoms with E-state index in [1.54, 1.807) is 0 Å². The third-order valence-electron chi connectivity index (χ3n) is 2.36. The van der Waals surface area contributed by atoms with Crippen LogP contribution in [0.1, 0.15) is 25.1 Å². The van der Waals surface area contributed by atoms with Crippen molar-refractivity contribution in [2.24, 2.45) is 5.92 Å². The fraction of sp³-hybridized carbons (Fsp3) is 0.667. The molecule has 0 radical (unpaired) electrons. The van der Waals surface area contributed by atoms with Gasteiger partial charge in [0.2, 0.25) is 0 Å². The van der Waals surface area contributed by atoms with Crippen LogP contribution in [0.5, 0.6) is 0 Å². The minimum absolute atomic E-state index is 0.290. The Bertz CT molecular complexity index is 412. The minimum atomic E-state index is 0.290. The SMILES string of the molecule is CC(C)CC(CN(C)C)Nc1nc(Cl)c(C#N)s1. The van der Waals surface area contributed by atoms with Crippen molar-refractivity contribution < 1.29 is 0 Å². The standard InChI is InChI=1S/C12H19ClN4S/c1-8(2)5-9(7-17(3)4)15-12-16-11(13)10(6-14)18-12/h8-9H,5,7H2,1-4H3,(H,15,16). The summed E-state index contributed by atoms with van der Waals surface area (Å²) in [5, 5.41) is 13.2. The number of nitrogens with zero attached hydrogens (tertiary/aromatic N) is 3. The zero-order valence-electron chi connectivity index (χ0n) is 11.2. The number of halogens is 1. The molecule has 4 nitrogen and oxygen atoms in total. The lowest BCUT2D eigenvalue weighted by atomic mass is 10.0. The molecule has 0 saturated carbocycles. The molecule has 6 heteroatoms. The van der Waals surface area contributed by atoms with Gasteiger partial charge in [-0.1, -0.05) is 36.8 Å². The van der Waals surface area contributed by atoms with Gasteiger partial charge in [0, 0.05) is 12.6 Å². The van der Waals surface area contributed by atoms with Crippen LogP contribution >= 0.6 is 22.9 Å². The Hall–Kier alpha value is -0.830. The average molecular weight is 287 g/mol. The Morgan fingerprint density at radius 1 is 1.50 bits per heavy atom. The lowest BCUT2D eigenvalue weighted by molar-refractivity contribution is 0.356. The number of nitriles is 1. The van der Waals surface area contributed by atoms with Crippen LogP contribution in [0, 0.1) is 17.2 Å². The first-order valence-electron chi connectivity index (χ1n) is 5.90.